The summed E-state index contributed by atoms with van der Waals surface area (Å²) in [5.74, 6) is 0.693. The van der Waals surface area contributed by atoms with Crippen LogP contribution in [0.1, 0.15) is 17.5 Å². The molecule has 128 valence electrons. The second-order valence-electron chi connectivity index (χ2n) is 5.78. The minimum atomic E-state index is -0.114. The Kier molecular flexibility index (Phi) is 5.09. The van der Waals surface area contributed by atoms with E-state index in [1.807, 2.05) is 50.2 Å². The molecule has 3 rings (SSSR count). The summed E-state index contributed by atoms with van der Waals surface area (Å²) < 4.78 is 7.33. The van der Waals surface area contributed by atoms with Gasteiger partial charge < -0.3 is 10.1 Å². The summed E-state index contributed by atoms with van der Waals surface area (Å²) in [4.78, 5) is 12.2. The topological polar surface area (TPSA) is 69.0 Å². The van der Waals surface area contributed by atoms with E-state index in [1.54, 1.807) is 17.1 Å². The van der Waals surface area contributed by atoms with Crippen molar-refractivity contribution in [3.8, 4) is 11.4 Å². The number of carbonyl (C=O) groups is 1. The Morgan fingerprint density at radius 3 is 2.80 bits per heavy atom. The highest BCUT2D eigenvalue weighted by Gasteiger charge is 2.09. The first-order chi connectivity index (χ1) is 12.1. The minimum Gasteiger partial charge on any atom is -0.493 e. The van der Waals surface area contributed by atoms with Crippen molar-refractivity contribution >= 4 is 11.6 Å². The van der Waals surface area contributed by atoms with Gasteiger partial charge >= 0.3 is 0 Å². The monoisotopic (exact) mass is 336 g/mol. The number of benzene rings is 2. The maximum atomic E-state index is 12.2. The maximum Gasteiger partial charge on any atom is 0.227 e. The van der Waals surface area contributed by atoms with Gasteiger partial charge in [0.1, 0.15) is 5.75 Å². The summed E-state index contributed by atoms with van der Waals surface area (Å²) in [6, 6.07) is 13.4. The van der Waals surface area contributed by atoms with E-state index in [0.29, 0.717) is 12.3 Å². The Hall–Kier alpha value is -3.15. The third kappa shape index (κ3) is 4.23. The van der Waals surface area contributed by atoms with E-state index in [-0.39, 0.29) is 12.3 Å². The predicted octanol–water partition coefficient (Wildman–Crippen LogP) is 3.29. The minimum absolute atomic E-state index is 0.114. The van der Waals surface area contributed by atoms with E-state index in [2.05, 4.69) is 21.7 Å². The third-order valence-electron chi connectivity index (χ3n) is 3.76. The molecule has 0 unspecified atom stereocenters. The van der Waals surface area contributed by atoms with E-state index in [9.17, 15) is 4.79 Å². The molecule has 1 aromatic heterocycles. The zero-order chi connectivity index (χ0) is 17.6. The Labute approximate surface area is 146 Å². The lowest BCUT2D eigenvalue weighted by molar-refractivity contribution is -0.116. The van der Waals surface area contributed by atoms with Gasteiger partial charge in [0.15, 0.2) is 0 Å². The van der Waals surface area contributed by atoms with Crippen molar-refractivity contribution in [1.82, 2.24) is 15.0 Å². The van der Waals surface area contributed by atoms with E-state index in [4.69, 9.17) is 4.74 Å². The fourth-order valence-electron chi connectivity index (χ4n) is 2.54. The molecule has 6 heteroatoms. The number of nitrogens with one attached hydrogen (secondary N) is 1. The largest absolute Gasteiger partial charge is 0.493 e. The molecule has 0 atom stereocenters. The molecule has 0 saturated heterocycles. The first-order valence-electron chi connectivity index (χ1n) is 8.09. The van der Waals surface area contributed by atoms with Crippen LogP contribution in [0.25, 0.3) is 5.69 Å². The molecule has 0 aliphatic rings. The number of carbonyl (C=O) groups excluding carboxylic acids is 1. The highest BCUT2D eigenvalue weighted by atomic mass is 16.5. The summed E-state index contributed by atoms with van der Waals surface area (Å²) in [6.45, 7) is 4.36. The predicted molar refractivity (Wildman–Crippen MR) is 96.0 cm³/mol. The molecule has 0 bridgehead atoms. The fourth-order valence-corrected chi connectivity index (χ4v) is 2.54. The Morgan fingerprint density at radius 1 is 1.20 bits per heavy atom. The molecule has 0 spiro atoms. The average Bonchev–Trinajstić information content (AvgIpc) is 3.12. The van der Waals surface area contributed by atoms with Crippen molar-refractivity contribution in [1.29, 1.82) is 0 Å². The molecule has 0 fully saturated rings. The van der Waals surface area contributed by atoms with Gasteiger partial charge in [0.2, 0.25) is 5.91 Å². The van der Waals surface area contributed by atoms with Crippen LogP contribution in [-0.2, 0) is 4.79 Å². The van der Waals surface area contributed by atoms with Crippen molar-refractivity contribution in [2.75, 3.05) is 11.9 Å². The highest BCUT2D eigenvalue weighted by molar-refractivity contribution is 5.92. The molecule has 3 aromatic rings. The molecule has 0 aliphatic carbocycles. The number of nitrogens with zero attached hydrogens (tertiary/aromatic N) is 3. The smallest absolute Gasteiger partial charge is 0.227 e. The normalized spacial score (nSPS) is 10.5. The van der Waals surface area contributed by atoms with Gasteiger partial charge in [-0.2, -0.15) is 0 Å². The molecule has 1 N–H and O–H groups in total. The van der Waals surface area contributed by atoms with Crippen LogP contribution < -0.4 is 10.1 Å². The number of rotatable bonds is 6. The van der Waals surface area contributed by atoms with E-state index < -0.39 is 0 Å². The number of para-hydroxylation sites is 2. The second kappa shape index (κ2) is 7.61. The number of aromatic nitrogens is 3. The molecule has 6 nitrogen and oxygen atoms in total. The van der Waals surface area contributed by atoms with Crippen LogP contribution in [0.5, 0.6) is 5.75 Å². The van der Waals surface area contributed by atoms with Gasteiger partial charge in [-0.3, -0.25) is 4.79 Å². The van der Waals surface area contributed by atoms with Crippen LogP contribution in [0.2, 0.25) is 0 Å². The number of hydrogen-bond donors (Lipinski definition) is 1. The van der Waals surface area contributed by atoms with Crippen LogP contribution in [0.4, 0.5) is 5.69 Å². The average molecular weight is 336 g/mol. The highest BCUT2D eigenvalue weighted by Crippen LogP contribution is 2.20. The Morgan fingerprint density at radius 2 is 2.04 bits per heavy atom. The summed E-state index contributed by atoms with van der Waals surface area (Å²) in [6.07, 6.45) is 3.59. The molecule has 2 aromatic carbocycles. The second-order valence-corrected chi connectivity index (χ2v) is 5.78. The fraction of sp³-hybridized carbons (Fsp3) is 0.211. The molecular weight excluding hydrogens is 316 g/mol. The van der Waals surface area contributed by atoms with Crippen molar-refractivity contribution in [3.05, 3.63) is 66.0 Å². The first kappa shape index (κ1) is 16.7. The lowest BCUT2D eigenvalue weighted by atomic mass is 10.1. The van der Waals surface area contributed by atoms with Crippen molar-refractivity contribution in [2.24, 2.45) is 0 Å². The quantitative estimate of drug-likeness (QED) is 0.750. The molecule has 0 radical (unpaired) electrons. The Bertz CT molecular complexity index is 860. The van der Waals surface area contributed by atoms with E-state index in [1.165, 1.54) is 5.56 Å². The zero-order valence-corrected chi connectivity index (χ0v) is 14.3. The van der Waals surface area contributed by atoms with Gasteiger partial charge in [-0.15, -0.1) is 5.10 Å². The molecule has 1 amide bonds. The number of ether oxygens (including phenoxy) is 1. The van der Waals surface area contributed by atoms with Gasteiger partial charge in [-0.25, -0.2) is 4.68 Å². The molecule has 25 heavy (non-hydrogen) atoms. The summed E-state index contributed by atoms with van der Waals surface area (Å²) in [7, 11) is 0. The number of amides is 1. The van der Waals surface area contributed by atoms with Crippen LogP contribution >= 0.6 is 0 Å². The maximum absolute atomic E-state index is 12.2. The van der Waals surface area contributed by atoms with Gasteiger partial charge in [0, 0.05) is 0 Å². The van der Waals surface area contributed by atoms with Gasteiger partial charge in [-0.05, 0) is 37.6 Å². The standard InChI is InChI=1S/C19H20N4O2/c1-14-7-8-18(15(2)13-14)25-12-9-19(24)21-16-5-3-4-6-17(16)23-11-10-20-22-23/h3-8,10-11,13H,9,12H2,1-2H3,(H,21,24). The molecule has 1 heterocycles. The van der Waals surface area contributed by atoms with Gasteiger partial charge in [0.25, 0.3) is 0 Å². The van der Waals surface area contributed by atoms with Gasteiger partial charge in [-0.1, -0.05) is 35.0 Å². The number of aryl methyl sites for hydroxylation is 2. The van der Waals surface area contributed by atoms with E-state index >= 15 is 0 Å². The van der Waals surface area contributed by atoms with Crippen LogP contribution in [0.15, 0.2) is 54.9 Å². The summed E-state index contributed by atoms with van der Waals surface area (Å²) in [5, 5.41) is 10.7. The van der Waals surface area contributed by atoms with Crippen molar-refractivity contribution in [3.63, 3.8) is 0 Å². The van der Waals surface area contributed by atoms with Crippen LogP contribution in [-0.4, -0.2) is 27.5 Å². The van der Waals surface area contributed by atoms with Crippen LogP contribution in [0.3, 0.4) is 0 Å². The summed E-state index contributed by atoms with van der Waals surface area (Å²) >= 11 is 0. The van der Waals surface area contributed by atoms with Crippen molar-refractivity contribution < 1.29 is 9.53 Å². The molecular formula is C19H20N4O2. The number of anilines is 1. The van der Waals surface area contributed by atoms with Crippen molar-refractivity contribution in [2.45, 2.75) is 20.3 Å². The summed E-state index contributed by atoms with van der Waals surface area (Å²) in [5.41, 5.74) is 3.71. The zero-order valence-electron chi connectivity index (χ0n) is 14.3. The number of hydrogen-bond acceptors (Lipinski definition) is 4. The SMILES string of the molecule is Cc1ccc(OCCC(=O)Nc2ccccc2-n2ccnn2)c(C)c1. The van der Waals surface area contributed by atoms with Crippen LogP contribution in [0, 0.1) is 13.8 Å². The molecule has 0 aliphatic heterocycles. The lowest BCUT2D eigenvalue weighted by Gasteiger charge is -2.12. The van der Waals surface area contributed by atoms with E-state index in [0.717, 1.165) is 17.0 Å². The lowest BCUT2D eigenvalue weighted by Crippen LogP contribution is -2.16. The molecule has 0 saturated carbocycles. The Balaban J connectivity index is 1.58. The third-order valence-corrected chi connectivity index (χ3v) is 3.76. The van der Waals surface area contributed by atoms with Gasteiger partial charge in [0.05, 0.1) is 36.8 Å². The first-order valence-corrected chi connectivity index (χ1v) is 8.09.